The first-order valence-corrected chi connectivity index (χ1v) is 4.01. The fraction of sp³-hybridized carbons (Fsp3) is 0.200. The predicted octanol–water partition coefficient (Wildman–Crippen LogP) is 1.28. The van der Waals surface area contributed by atoms with Gasteiger partial charge in [-0.3, -0.25) is 4.79 Å². The minimum absolute atomic E-state index is 0.0882. The second-order valence-electron chi connectivity index (χ2n) is 3.09. The van der Waals surface area contributed by atoms with Crippen molar-refractivity contribution in [3.05, 3.63) is 28.8 Å². The van der Waals surface area contributed by atoms with Crippen LogP contribution in [-0.4, -0.2) is 22.0 Å². The monoisotopic (exact) mass is 194 g/mol. The normalized spacial score (nSPS) is 9.86. The third-order valence-corrected chi connectivity index (χ3v) is 1.95. The highest BCUT2D eigenvalue weighted by atomic mass is 16.4. The van der Waals surface area contributed by atoms with Crippen molar-refractivity contribution in [2.24, 2.45) is 0 Å². The van der Waals surface area contributed by atoms with E-state index in [4.69, 9.17) is 5.11 Å². The molecule has 0 aromatic heterocycles. The maximum absolute atomic E-state index is 11.1. The van der Waals surface area contributed by atoms with E-state index in [2.05, 4.69) is 0 Å². The van der Waals surface area contributed by atoms with Gasteiger partial charge in [-0.15, -0.1) is 0 Å². The molecule has 74 valence electrons. The Morgan fingerprint density at radius 2 is 1.57 bits per heavy atom. The molecule has 0 unspecified atom stereocenters. The molecule has 2 N–H and O–H groups in total. The summed E-state index contributed by atoms with van der Waals surface area (Å²) in [5, 5.41) is 17.9. The van der Waals surface area contributed by atoms with Gasteiger partial charge in [0, 0.05) is 5.56 Å². The number of hydrogen-bond acceptors (Lipinski definition) is 3. The van der Waals surface area contributed by atoms with Gasteiger partial charge in [-0.2, -0.15) is 0 Å². The van der Waals surface area contributed by atoms with Gasteiger partial charge in [0.15, 0.2) is 0 Å². The Morgan fingerprint density at radius 1 is 1.14 bits per heavy atom. The van der Waals surface area contributed by atoms with Crippen LogP contribution in [0.3, 0.4) is 0 Å². The van der Waals surface area contributed by atoms with Crippen LogP contribution in [0, 0.1) is 13.8 Å². The molecule has 0 aliphatic carbocycles. The lowest BCUT2D eigenvalue weighted by Gasteiger charge is -2.04. The van der Waals surface area contributed by atoms with Crippen molar-refractivity contribution < 1.29 is 19.8 Å². The molecule has 0 heterocycles. The Labute approximate surface area is 80.8 Å². The van der Waals surface area contributed by atoms with Gasteiger partial charge in [-0.1, -0.05) is 0 Å². The van der Waals surface area contributed by atoms with Gasteiger partial charge in [-0.25, -0.2) is 4.79 Å². The van der Waals surface area contributed by atoms with E-state index in [9.17, 15) is 14.7 Å². The summed E-state index contributed by atoms with van der Waals surface area (Å²) < 4.78 is 0. The topological polar surface area (TPSA) is 74.6 Å². The highest BCUT2D eigenvalue weighted by Crippen LogP contribution is 2.22. The highest BCUT2D eigenvalue weighted by molar-refractivity contribution is 6.39. The van der Waals surface area contributed by atoms with Crippen LogP contribution in [0.5, 0.6) is 5.75 Å². The number of aromatic hydroxyl groups is 1. The maximum Gasteiger partial charge on any atom is 0.377 e. The minimum atomic E-state index is -1.49. The van der Waals surface area contributed by atoms with Crippen LogP contribution >= 0.6 is 0 Å². The molecule has 1 aromatic rings. The van der Waals surface area contributed by atoms with Gasteiger partial charge in [-0.05, 0) is 37.1 Å². The number of ketones is 1. The molecular formula is C10H10O4. The van der Waals surface area contributed by atoms with Gasteiger partial charge < -0.3 is 10.2 Å². The third-order valence-electron chi connectivity index (χ3n) is 1.95. The molecule has 0 saturated carbocycles. The van der Waals surface area contributed by atoms with Crippen molar-refractivity contribution in [1.29, 1.82) is 0 Å². The number of carbonyl (C=O) groups is 2. The number of hydrogen-bond donors (Lipinski definition) is 2. The van der Waals surface area contributed by atoms with Crippen molar-refractivity contribution in [3.8, 4) is 5.75 Å². The number of benzene rings is 1. The van der Waals surface area contributed by atoms with E-state index in [1.165, 1.54) is 12.1 Å². The van der Waals surface area contributed by atoms with Gasteiger partial charge in [0.1, 0.15) is 5.75 Å². The van der Waals surface area contributed by atoms with Gasteiger partial charge >= 0.3 is 5.97 Å². The van der Waals surface area contributed by atoms with E-state index in [0.29, 0.717) is 11.1 Å². The Bertz CT molecular complexity index is 384. The van der Waals surface area contributed by atoms with E-state index < -0.39 is 11.8 Å². The molecule has 0 aliphatic rings. The van der Waals surface area contributed by atoms with Crippen LogP contribution in [0.1, 0.15) is 21.5 Å². The van der Waals surface area contributed by atoms with Crippen LogP contribution in [-0.2, 0) is 4.79 Å². The van der Waals surface area contributed by atoms with Gasteiger partial charge in [0.2, 0.25) is 0 Å². The van der Waals surface area contributed by atoms with Crippen molar-refractivity contribution in [1.82, 2.24) is 0 Å². The molecule has 0 spiro atoms. The zero-order chi connectivity index (χ0) is 10.9. The Kier molecular flexibility index (Phi) is 2.56. The number of phenolic OH excluding ortho intramolecular Hbond substituents is 1. The summed E-state index contributed by atoms with van der Waals surface area (Å²) in [5.41, 5.74) is 1.08. The molecule has 0 amide bonds. The molecule has 1 aromatic carbocycles. The second-order valence-corrected chi connectivity index (χ2v) is 3.09. The molecular weight excluding hydrogens is 184 g/mol. The van der Waals surface area contributed by atoms with Crippen LogP contribution in [0.4, 0.5) is 0 Å². The zero-order valence-electron chi connectivity index (χ0n) is 7.87. The van der Waals surface area contributed by atoms with Crippen molar-refractivity contribution in [2.45, 2.75) is 13.8 Å². The Hall–Kier alpha value is -1.84. The predicted molar refractivity (Wildman–Crippen MR) is 49.5 cm³/mol. The maximum atomic E-state index is 11.1. The zero-order valence-corrected chi connectivity index (χ0v) is 7.87. The molecule has 4 nitrogen and oxygen atoms in total. The minimum Gasteiger partial charge on any atom is -0.507 e. The number of aryl methyl sites for hydroxylation is 2. The van der Waals surface area contributed by atoms with Crippen LogP contribution in [0.2, 0.25) is 0 Å². The number of Topliss-reactive ketones (excluding diaryl/α,β-unsaturated/α-hetero) is 1. The largest absolute Gasteiger partial charge is 0.507 e. The third kappa shape index (κ3) is 1.74. The summed E-state index contributed by atoms with van der Waals surface area (Å²) in [7, 11) is 0. The lowest BCUT2D eigenvalue weighted by Crippen LogP contribution is -2.12. The first-order chi connectivity index (χ1) is 6.43. The van der Waals surface area contributed by atoms with Gasteiger partial charge in [0.25, 0.3) is 5.78 Å². The molecule has 0 bridgehead atoms. The summed E-state index contributed by atoms with van der Waals surface area (Å²) in [6.07, 6.45) is 0. The first kappa shape index (κ1) is 10.2. The standard InChI is InChI=1S/C10H10O4/c1-5-3-7(9(12)10(13)14)4-6(2)8(5)11/h3-4,11H,1-2H3,(H,13,14). The molecule has 0 saturated heterocycles. The molecule has 14 heavy (non-hydrogen) atoms. The molecule has 0 fully saturated rings. The summed E-state index contributed by atoms with van der Waals surface area (Å²) in [4.78, 5) is 21.5. The summed E-state index contributed by atoms with van der Waals surface area (Å²) in [6, 6.07) is 2.72. The van der Waals surface area contributed by atoms with Crippen molar-refractivity contribution in [3.63, 3.8) is 0 Å². The summed E-state index contributed by atoms with van der Waals surface area (Å²) in [5.74, 6) is -2.36. The summed E-state index contributed by atoms with van der Waals surface area (Å²) >= 11 is 0. The van der Waals surface area contributed by atoms with Gasteiger partial charge in [0.05, 0.1) is 0 Å². The fourth-order valence-corrected chi connectivity index (χ4v) is 1.21. The number of phenols is 1. The highest BCUT2D eigenvalue weighted by Gasteiger charge is 2.16. The SMILES string of the molecule is Cc1cc(C(=O)C(=O)O)cc(C)c1O. The van der Waals surface area contributed by atoms with Crippen LogP contribution in [0.25, 0.3) is 0 Å². The quantitative estimate of drug-likeness (QED) is 0.549. The van der Waals surface area contributed by atoms with E-state index in [1.807, 2.05) is 0 Å². The molecule has 0 atom stereocenters. The van der Waals surface area contributed by atoms with Crippen molar-refractivity contribution in [2.75, 3.05) is 0 Å². The molecule has 0 aliphatic heterocycles. The van der Waals surface area contributed by atoms with E-state index in [1.54, 1.807) is 13.8 Å². The Morgan fingerprint density at radius 3 is 1.93 bits per heavy atom. The Balaban J connectivity index is 3.26. The molecule has 4 heteroatoms. The fourth-order valence-electron chi connectivity index (χ4n) is 1.21. The number of carbonyl (C=O) groups excluding carboxylic acids is 1. The summed E-state index contributed by atoms with van der Waals surface area (Å²) in [6.45, 7) is 3.22. The number of rotatable bonds is 2. The smallest absolute Gasteiger partial charge is 0.377 e. The lowest BCUT2D eigenvalue weighted by molar-refractivity contribution is -0.131. The average Bonchev–Trinajstić information content (AvgIpc) is 2.12. The van der Waals surface area contributed by atoms with E-state index in [0.717, 1.165) is 0 Å². The number of aliphatic carboxylic acids is 1. The second kappa shape index (κ2) is 3.49. The number of carboxylic acids is 1. The van der Waals surface area contributed by atoms with Crippen LogP contribution in [0.15, 0.2) is 12.1 Å². The molecule has 1 rings (SSSR count). The first-order valence-electron chi connectivity index (χ1n) is 4.01. The van der Waals surface area contributed by atoms with Crippen LogP contribution < -0.4 is 0 Å². The lowest BCUT2D eigenvalue weighted by atomic mass is 10.0. The van der Waals surface area contributed by atoms with E-state index in [-0.39, 0.29) is 11.3 Å². The van der Waals surface area contributed by atoms with Crippen molar-refractivity contribution >= 4 is 11.8 Å². The molecule has 0 radical (unpaired) electrons. The van der Waals surface area contributed by atoms with E-state index >= 15 is 0 Å². The average molecular weight is 194 g/mol. The number of carboxylic acid groups (broad SMARTS) is 1.